The molecule has 0 unspecified atom stereocenters. The van der Waals surface area contributed by atoms with E-state index in [9.17, 15) is 9.18 Å². The highest BCUT2D eigenvalue weighted by Crippen LogP contribution is 2.35. The van der Waals surface area contributed by atoms with Crippen molar-refractivity contribution in [3.8, 4) is 11.1 Å². The number of carbonyl (C=O) groups excluding carboxylic acids is 1. The van der Waals surface area contributed by atoms with Gasteiger partial charge < -0.3 is 9.72 Å². The lowest BCUT2D eigenvalue weighted by atomic mass is 10.0. The molecule has 130 valence electrons. The third kappa shape index (κ3) is 2.47. The molecule has 0 spiro atoms. The van der Waals surface area contributed by atoms with E-state index in [2.05, 4.69) is 28.3 Å². The molecule has 1 aliphatic carbocycles. The van der Waals surface area contributed by atoms with Gasteiger partial charge >= 0.3 is 0 Å². The Labute approximate surface area is 152 Å². The number of hydrogen-bond acceptors (Lipinski definition) is 4. The summed E-state index contributed by atoms with van der Waals surface area (Å²) in [5.74, 6) is -0.377. The van der Waals surface area contributed by atoms with Gasteiger partial charge in [-0.25, -0.2) is 14.4 Å². The van der Waals surface area contributed by atoms with Crippen LogP contribution < -0.4 is 5.32 Å². The maximum atomic E-state index is 13.0. The summed E-state index contributed by atoms with van der Waals surface area (Å²) in [7, 11) is 0. The monoisotopic (exact) mass is 366 g/mol. The molecule has 5 nitrogen and oxygen atoms in total. The van der Waals surface area contributed by atoms with Crippen molar-refractivity contribution in [2.75, 3.05) is 5.32 Å². The van der Waals surface area contributed by atoms with E-state index >= 15 is 0 Å². The molecule has 2 atom stereocenters. The molecule has 1 amide bonds. The minimum Gasteiger partial charge on any atom is -0.309 e. The lowest BCUT2D eigenvalue weighted by molar-refractivity contribution is -0.117. The standard InChI is InChI=1S/C19H15FN4OS/c1-10-12(3-4-15-18(10)26-9-21-15)11-2-5-17-22-16(8-24(17)7-11)23-19(25)13-6-14(13)20/h2-5,7-9,13-14H,6H2,1H3,(H,23,25)/t13-,14+/m1/s1. The Morgan fingerprint density at radius 3 is 2.96 bits per heavy atom. The molecule has 0 aliphatic heterocycles. The van der Waals surface area contributed by atoms with Crippen LogP contribution in [-0.2, 0) is 4.79 Å². The molecule has 0 saturated heterocycles. The number of amides is 1. The highest BCUT2D eigenvalue weighted by atomic mass is 32.1. The van der Waals surface area contributed by atoms with Crippen molar-refractivity contribution in [2.24, 2.45) is 5.92 Å². The first-order chi connectivity index (χ1) is 12.6. The predicted molar refractivity (Wildman–Crippen MR) is 100 cm³/mol. The van der Waals surface area contributed by atoms with Crippen molar-refractivity contribution in [2.45, 2.75) is 19.5 Å². The summed E-state index contributed by atoms with van der Waals surface area (Å²) < 4.78 is 16.1. The normalized spacial score (nSPS) is 19.2. The van der Waals surface area contributed by atoms with Crippen LogP contribution in [0.2, 0.25) is 0 Å². The van der Waals surface area contributed by atoms with Gasteiger partial charge in [0, 0.05) is 6.20 Å². The van der Waals surface area contributed by atoms with Crippen LogP contribution in [0.3, 0.4) is 0 Å². The number of aryl methyl sites for hydroxylation is 1. The largest absolute Gasteiger partial charge is 0.309 e. The minimum atomic E-state index is -1.01. The maximum absolute atomic E-state index is 13.0. The van der Waals surface area contributed by atoms with Gasteiger partial charge in [-0.1, -0.05) is 6.07 Å². The average molecular weight is 366 g/mol. The number of pyridine rings is 1. The fourth-order valence-corrected chi connectivity index (χ4v) is 4.04. The lowest BCUT2D eigenvalue weighted by Crippen LogP contribution is -2.15. The number of halogens is 1. The van der Waals surface area contributed by atoms with Crippen LogP contribution in [0, 0.1) is 12.8 Å². The number of nitrogens with one attached hydrogen (secondary N) is 1. The Balaban J connectivity index is 1.50. The predicted octanol–water partition coefficient (Wildman–Crippen LogP) is 4.22. The first-order valence-electron chi connectivity index (χ1n) is 8.37. The molecule has 3 heterocycles. The fraction of sp³-hybridized carbons (Fsp3) is 0.211. The van der Waals surface area contributed by atoms with Crippen LogP contribution in [0.1, 0.15) is 12.0 Å². The molecule has 1 N–H and O–H groups in total. The second kappa shape index (κ2) is 5.60. The van der Waals surface area contributed by atoms with Gasteiger partial charge in [0.05, 0.1) is 27.8 Å². The van der Waals surface area contributed by atoms with Gasteiger partial charge in [0.15, 0.2) is 5.82 Å². The molecule has 5 rings (SSSR count). The Kier molecular flexibility index (Phi) is 3.33. The van der Waals surface area contributed by atoms with Gasteiger partial charge in [-0.15, -0.1) is 11.3 Å². The summed E-state index contributed by atoms with van der Waals surface area (Å²) in [4.78, 5) is 20.6. The number of hydrogen-bond donors (Lipinski definition) is 1. The molecule has 0 radical (unpaired) electrons. The Bertz CT molecular complexity index is 1160. The highest BCUT2D eigenvalue weighted by molar-refractivity contribution is 7.17. The number of benzene rings is 1. The van der Waals surface area contributed by atoms with Gasteiger partial charge in [0.25, 0.3) is 0 Å². The van der Waals surface area contributed by atoms with Crippen molar-refractivity contribution >= 4 is 38.9 Å². The number of anilines is 1. The highest BCUT2D eigenvalue weighted by Gasteiger charge is 2.43. The summed E-state index contributed by atoms with van der Waals surface area (Å²) in [6, 6.07) is 8.03. The number of thiazole rings is 1. The topological polar surface area (TPSA) is 59.3 Å². The number of fused-ring (bicyclic) bond motifs is 2. The molecule has 0 bridgehead atoms. The summed E-state index contributed by atoms with van der Waals surface area (Å²) in [6.07, 6.45) is 3.04. The van der Waals surface area contributed by atoms with E-state index in [-0.39, 0.29) is 5.91 Å². The summed E-state index contributed by atoms with van der Waals surface area (Å²) in [5, 5.41) is 2.70. The molecule has 1 saturated carbocycles. The molecule has 4 aromatic rings. The third-order valence-corrected chi connectivity index (χ3v) is 5.77. The fourth-order valence-electron chi connectivity index (χ4n) is 3.24. The molecule has 3 aromatic heterocycles. The first-order valence-corrected chi connectivity index (χ1v) is 9.25. The second-order valence-electron chi connectivity index (χ2n) is 6.60. The van der Waals surface area contributed by atoms with Crippen LogP contribution in [0.25, 0.3) is 27.0 Å². The Hall–Kier alpha value is -2.80. The van der Waals surface area contributed by atoms with E-state index in [0.717, 1.165) is 22.3 Å². The van der Waals surface area contributed by atoms with Crippen molar-refractivity contribution in [3.63, 3.8) is 0 Å². The van der Waals surface area contributed by atoms with Crippen LogP contribution in [0.5, 0.6) is 0 Å². The Morgan fingerprint density at radius 1 is 1.31 bits per heavy atom. The van der Waals surface area contributed by atoms with Gasteiger partial charge in [-0.05, 0) is 48.2 Å². The van der Waals surface area contributed by atoms with Crippen LogP contribution in [-0.4, -0.2) is 26.4 Å². The van der Waals surface area contributed by atoms with Crippen molar-refractivity contribution in [3.05, 3.63) is 47.7 Å². The number of imidazole rings is 1. The molecular formula is C19H15FN4OS. The number of carbonyl (C=O) groups is 1. The van der Waals surface area contributed by atoms with Crippen molar-refractivity contribution < 1.29 is 9.18 Å². The summed E-state index contributed by atoms with van der Waals surface area (Å²) in [6.45, 7) is 2.10. The minimum absolute atomic E-state index is 0.298. The van der Waals surface area contributed by atoms with Gasteiger partial charge in [-0.3, -0.25) is 4.79 Å². The quantitative estimate of drug-likeness (QED) is 0.591. The van der Waals surface area contributed by atoms with E-state index in [1.807, 2.05) is 34.3 Å². The lowest BCUT2D eigenvalue weighted by Gasteiger charge is -2.07. The van der Waals surface area contributed by atoms with E-state index in [1.54, 1.807) is 17.5 Å². The number of aromatic nitrogens is 3. The van der Waals surface area contributed by atoms with Gasteiger partial charge in [-0.2, -0.15) is 0 Å². The molecule has 26 heavy (non-hydrogen) atoms. The zero-order chi connectivity index (χ0) is 17.8. The number of rotatable bonds is 3. The first kappa shape index (κ1) is 15.5. The smallest absolute Gasteiger partial charge is 0.231 e. The zero-order valence-corrected chi connectivity index (χ0v) is 14.8. The molecule has 1 aliphatic rings. The van der Waals surface area contributed by atoms with Crippen LogP contribution >= 0.6 is 11.3 Å². The van der Waals surface area contributed by atoms with Gasteiger partial charge in [0.1, 0.15) is 11.8 Å². The maximum Gasteiger partial charge on any atom is 0.231 e. The molecule has 1 fully saturated rings. The zero-order valence-electron chi connectivity index (χ0n) is 13.9. The van der Waals surface area contributed by atoms with E-state index in [0.29, 0.717) is 12.2 Å². The SMILES string of the molecule is Cc1c(-c2ccc3nc(NC(=O)[C@@H]4C[C@@H]4F)cn3c2)ccc2ncsc12. The van der Waals surface area contributed by atoms with Crippen LogP contribution in [0.4, 0.5) is 10.2 Å². The molecule has 1 aromatic carbocycles. The van der Waals surface area contributed by atoms with Crippen LogP contribution in [0.15, 0.2) is 42.2 Å². The van der Waals surface area contributed by atoms with Crippen molar-refractivity contribution in [1.82, 2.24) is 14.4 Å². The van der Waals surface area contributed by atoms with E-state index in [4.69, 9.17) is 0 Å². The molecule has 7 heteroatoms. The number of nitrogens with zero attached hydrogens (tertiary/aromatic N) is 3. The summed E-state index contributed by atoms with van der Waals surface area (Å²) in [5.41, 5.74) is 7.00. The van der Waals surface area contributed by atoms with E-state index in [1.165, 1.54) is 10.3 Å². The second-order valence-corrected chi connectivity index (χ2v) is 7.45. The Morgan fingerprint density at radius 2 is 2.15 bits per heavy atom. The summed E-state index contributed by atoms with van der Waals surface area (Å²) >= 11 is 1.64. The van der Waals surface area contributed by atoms with E-state index < -0.39 is 12.1 Å². The average Bonchev–Trinajstić information content (AvgIpc) is 3.03. The number of alkyl halides is 1. The third-order valence-electron chi connectivity index (χ3n) is 4.81. The molecular weight excluding hydrogens is 351 g/mol. The van der Waals surface area contributed by atoms with Crippen molar-refractivity contribution in [1.29, 1.82) is 0 Å². The van der Waals surface area contributed by atoms with Gasteiger partial charge in [0.2, 0.25) is 5.91 Å².